The molecule has 1 aliphatic heterocycles. The maximum absolute atomic E-state index is 12.5. The van der Waals surface area contributed by atoms with Crippen LogP contribution in [0, 0.1) is 5.92 Å². The first kappa shape index (κ1) is 12.2. The maximum atomic E-state index is 12.5. The van der Waals surface area contributed by atoms with Crippen LogP contribution in [0.2, 0.25) is 0 Å². The van der Waals surface area contributed by atoms with E-state index < -0.39 is 12.2 Å². The average Bonchev–Trinajstić information content (AvgIpc) is 2.91. The molecule has 5 heteroatoms. The molecule has 2 fully saturated rings. The molecular weight excluding hydrogens is 217 g/mol. The minimum atomic E-state index is -4.09. The molecule has 2 atom stereocenters. The van der Waals surface area contributed by atoms with Crippen LogP contribution in [0.15, 0.2) is 0 Å². The van der Waals surface area contributed by atoms with Gasteiger partial charge in [0.05, 0.1) is 0 Å². The Hall–Kier alpha value is -0.290. The molecule has 16 heavy (non-hydrogen) atoms. The lowest BCUT2D eigenvalue weighted by Crippen LogP contribution is -2.44. The minimum absolute atomic E-state index is 0.255. The van der Waals surface area contributed by atoms with E-state index in [1.165, 1.54) is 24.7 Å². The van der Waals surface area contributed by atoms with Crippen molar-refractivity contribution in [1.82, 2.24) is 10.2 Å². The highest BCUT2D eigenvalue weighted by Gasteiger charge is 2.42. The third-order valence-electron chi connectivity index (χ3n) is 3.63. The first-order valence-electron chi connectivity index (χ1n) is 6.01. The fourth-order valence-electron chi connectivity index (χ4n) is 2.17. The SMILES string of the molecule is CC(N1CCC(NCC2CC2)C1)C(F)(F)F. The highest BCUT2D eigenvalue weighted by molar-refractivity contribution is 4.88. The minimum Gasteiger partial charge on any atom is -0.312 e. The van der Waals surface area contributed by atoms with Gasteiger partial charge < -0.3 is 5.32 Å². The van der Waals surface area contributed by atoms with Crippen LogP contribution in [0.25, 0.3) is 0 Å². The quantitative estimate of drug-likeness (QED) is 0.803. The van der Waals surface area contributed by atoms with Crippen LogP contribution < -0.4 is 5.32 Å². The van der Waals surface area contributed by atoms with Gasteiger partial charge in [0.1, 0.15) is 6.04 Å². The molecule has 0 aromatic rings. The fraction of sp³-hybridized carbons (Fsp3) is 1.00. The Balaban J connectivity index is 1.73. The van der Waals surface area contributed by atoms with Gasteiger partial charge in [-0.25, -0.2) is 0 Å². The summed E-state index contributed by atoms with van der Waals surface area (Å²) in [7, 11) is 0. The van der Waals surface area contributed by atoms with E-state index in [2.05, 4.69) is 5.32 Å². The summed E-state index contributed by atoms with van der Waals surface area (Å²) >= 11 is 0. The summed E-state index contributed by atoms with van der Waals surface area (Å²) in [4.78, 5) is 1.53. The van der Waals surface area contributed by atoms with Gasteiger partial charge in [-0.05, 0) is 38.6 Å². The molecule has 2 rings (SSSR count). The highest BCUT2D eigenvalue weighted by atomic mass is 19.4. The number of hydrogen-bond donors (Lipinski definition) is 1. The second-order valence-corrected chi connectivity index (χ2v) is 5.05. The number of halogens is 3. The number of nitrogens with zero attached hydrogens (tertiary/aromatic N) is 1. The molecule has 1 saturated heterocycles. The lowest BCUT2D eigenvalue weighted by atomic mass is 10.2. The number of nitrogens with one attached hydrogen (secondary N) is 1. The Morgan fingerprint density at radius 3 is 2.56 bits per heavy atom. The van der Waals surface area contributed by atoms with Crippen LogP contribution in [0.1, 0.15) is 26.2 Å². The average molecular weight is 236 g/mol. The first-order valence-corrected chi connectivity index (χ1v) is 6.01. The second-order valence-electron chi connectivity index (χ2n) is 5.05. The monoisotopic (exact) mass is 236 g/mol. The van der Waals surface area contributed by atoms with E-state index in [4.69, 9.17) is 0 Å². The Morgan fingerprint density at radius 1 is 1.31 bits per heavy atom. The zero-order chi connectivity index (χ0) is 11.8. The van der Waals surface area contributed by atoms with Gasteiger partial charge in [-0.2, -0.15) is 13.2 Å². The summed E-state index contributed by atoms with van der Waals surface area (Å²) in [6.45, 7) is 3.33. The Bertz CT molecular complexity index is 238. The van der Waals surface area contributed by atoms with Crippen molar-refractivity contribution in [2.24, 2.45) is 5.92 Å². The van der Waals surface area contributed by atoms with Crippen LogP contribution in [0.5, 0.6) is 0 Å². The van der Waals surface area contributed by atoms with Crippen LogP contribution in [0.4, 0.5) is 13.2 Å². The zero-order valence-corrected chi connectivity index (χ0v) is 9.56. The molecule has 2 unspecified atom stereocenters. The van der Waals surface area contributed by atoms with Crippen molar-refractivity contribution in [1.29, 1.82) is 0 Å². The number of alkyl halides is 3. The van der Waals surface area contributed by atoms with Crippen molar-refractivity contribution in [2.45, 2.75) is 44.4 Å². The van der Waals surface area contributed by atoms with E-state index in [1.807, 2.05) is 0 Å². The normalized spacial score (nSPS) is 29.6. The van der Waals surface area contributed by atoms with Crippen molar-refractivity contribution in [2.75, 3.05) is 19.6 Å². The van der Waals surface area contributed by atoms with Gasteiger partial charge in [0.2, 0.25) is 0 Å². The van der Waals surface area contributed by atoms with Gasteiger partial charge in [0.25, 0.3) is 0 Å². The Labute approximate surface area is 94.2 Å². The summed E-state index contributed by atoms with van der Waals surface area (Å²) in [5.74, 6) is 0.786. The summed E-state index contributed by atoms with van der Waals surface area (Å²) in [5.41, 5.74) is 0. The third kappa shape index (κ3) is 3.10. The van der Waals surface area contributed by atoms with Crippen molar-refractivity contribution in [3.05, 3.63) is 0 Å². The highest BCUT2D eigenvalue weighted by Crippen LogP contribution is 2.29. The number of rotatable bonds is 4. The topological polar surface area (TPSA) is 15.3 Å². The van der Waals surface area contributed by atoms with E-state index in [-0.39, 0.29) is 6.04 Å². The van der Waals surface area contributed by atoms with Gasteiger partial charge in [-0.3, -0.25) is 4.90 Å². The lowest BCUT2D eigenvalue weighted by molar-refractivity contribution is -0.176. The molecule has 1 N–H and O–H groups in total. The van der Waals surface area contributed by atoms with Crippen molar-refractivity contribution in [3.8, 4) is 0 Å². The van der Waals surface area contributed by atoms with Crippen LogP contribution in [0.3, 0.4) is 0 Å². The molecule has 0 aromatic heterocycles. The van der Waals surface area contributed by atoms with E-state index >= 15 is 0 Å². The number of likely N-dealkylation sites (tertiary alicyclic amines) is 1. The summed E-state index contributed by atoms with van der Waals surface area (Å²) in [6.07, 6.45) is -0.691. The molecule has 0 radical (unpaired) electrons. The van der Waals surface area contributed by atoms with E-state index in [0.29, 0.717) is 13.1 Å². The molecule has 1 saturated carbocycles. The van der Waals surface area contributed by atoms with E-state index in [0.717, 1.165) is 18.9 Å². The fourth-order valence-corrected chi connectivity index (χ4v) is 2.17. The van der Waals surface area contributed by atoms with Gasteiger partial charge in [0.15, 0.2) is 0 Å². The molecule has 1 heterocycles. The largest absolute Gasteiger partial charge is 0.403 e. The summed E-state index contributed by atoms with van der Waals surface area (Å²) in [6, 6.07) is -1.05. The van der Waals surface area contributed by atoms with Crippen LogP contribution >= 0.6 is 0 Å². The van der Waals surface area contributed by atoms with Gasteiger partial charge in [0, 0.05) is 19.1 Å². The lowest BCUT2D eigenvalue weighted by Gasteiger charge is -2.26. The standard InChI is InChI=1S/C11H19F3N2/c1-8(11(12,13)14)16-5-4-10(7-16)15-6-9-2-3-9/h8-10,15H,2-7H2,1H3. The van der Waals surface area contributed by atoms with Crippen molar-refractivity contribution >= 4 is 0 Å². The predicted molar refractivity (Wildman–Crippen MR) is 56.2 cm³/mol. The third-order valence-corrected chi connectivity index (χ3v) is 3.63. The number of hydrogen-bond acceptors (Lipinski definition) is 2. The van der Waals surface area contributed by atoms with Gasteiger partial charge >= 0.3 is 6.18 Å². The smallest absolute Gasteiger partial charge is 0.312 e. The first-order chi connectivity index (χ1) is 7.47. The maximum Gasteiger partial charge on any atom is 0.403 e. The summed E-state index contributed by atoms with van der Waals surface area (Å²) < 4.78 is 37.5. The molecule has 1 aliphatic carbocycles. The van der Waals surface area contributed by atoms with Crippen molar-refractivity contribution < 1.29 is 13.2 Å². The molecule has 94 valence electrons. The Kier molecular flexibility index (Phi) is 3.45. The summed E-state index contributed by atoms with van der Waals surface area (Å²) in [5, 5.41) is 3.37. The molecular formula is C11H19F3N2. The van der Waals surface area contributed by atoms with Gasteiger partial charge in [-0.1, -0.05) is 0 Å². The van der Waals surface area contributed by atoms with Crippen LogP contribution in [-0.2, 0) is 0 Å². The van der Waals surface area contributed by atoms with Crippen LogP contribution in [-0.4, -0.2) is 42.8 Å². The molecule has 0 amide bonds. The molecule has 2 nitrogen and oxygen atoms in total. The molecule has 2 aliphatic rings. The second kappa shape index (κ2) is 4.53. The molecule has 0 spiro atoms. The van der Waals surface area contributed by atoms with Gasteiger partial charge in [-0.15, -0.1) is 0 Å². The predicted octanol–water partition coefficient (Wildman–Crippen LogP) is 2.01. The zero-order valence-electron chi connectivity index (χ0n) is 9.56. The molecule has 0 aromatic carbocycles. The Morgan fingerprint density at radius 2 is 2.00 bits per heavy atom. The van der Waals surface area contributed by atoms with Crippen molar-refractivity contribution in [3.63, 3.8) is 0 Å². The van der Waals surface area contributed by atoms with E-state index in [9.17, 15) is 13.2 Å². The molecule has 0 bridgehead atoms. The van der Waals surface area contributed by atoms with E-state index in [1.54, 1.807) is 0 Å².